The zero-order valence-electron chi connectivity index (χ0n) is 15.8. The molecule has 0 bridgehead atoms. The Morgan fingerprint density at radius 1 is 0.769 bits per heavy atom. The minimum absolute atomic E-state index is 0.208. The van der Waals surface area contributed by atoms with E-state index in [1.54, 1.807) is 12.1 Å². The molecule has 0 amide bonds. The largest absolute Gasteiger partial charge is 0.462 e. The van der Waals surface area contributed by atoms with E-state index in [1.165, 1.54) is 0 Å². The van der Waals surface area contributed by atoms with Crippen LogP contribution in [-0.4, -0.2) is 25.2 Å². The summed E-state index contributed by atoms with van der Waals surface area (Å²) in [5.41, 5.74) is 2.01. The smallest absolute Gasteiger partial charge is 0.339 e. The molecule has 0 atom stereocenters. The molecule has 0 heterocycles. The predicted molar refractivity (Wildman–Crippen MR) is 102 cm³/mol. The van der Waals surface area contributed by atoms with Crippen LogP contribution < -0.4 is 0 Å². The molecule has 0 fully saturated rings. The van der Waals surface area contributed by atoms with Gasteiger partial charge in [0, 0.05) is 0 Å². The van der Waals surface area contributed by atoms with E-state index in [0.29, 0.717) is 18.8 Å². The molecule has 26 heavy (non-hydrogen) atoms. The van der Waals surface area contributed by atoms with Crippen molar-refractivity contribution < 1.29 is 19.1 Å². The SMILES string of the molecule is CC(C)COC(=O)c1cccc(-c2ccccc2)c1C(=O)OCC(C)C. The highest BCUT2D eigenvalue weighted by molar-refractivity contribution is 6.07. The molecule has 0 saturated heterocycles. The summed E-state index contributed by atoms with van der Waals surface area (Å²) in [4.78, 5) is 25.3. The lowest BCUT2D eigenvalue weighted by molar-refractivity contribution is 0.0413. The fourth-order valence-electron chi connectivity index (χ4n) is 2.44. The van der Waals surface area contributed by atoms with Gasteiger partial charge in [-0.3, -0.25) is 0 Å². The van der Waals surface area contributed by atoms with E-state index >= 15 is 0 Å². The second kappa shape index (κ2) is 9.18. The van der Waals surface area contributed by atoms with Crippen LogP contribution in [0.15, 0.2) is 48.5 Å². The number of ether oxygens (including phenoxy) is 2. The number of carbonyl (C=O) groups is 2. The maximum absolute atomic E-state index is 12.8. The lowest BCUT2D eigenvalue weighted by atomic mass is 9.95. The Bertz CT molecular complexity index is 748. The molecule has 0 aliphatic rings. The summed E-state index contributed by atoms with van der Waals surface area (Å²) < 4.78 is 10.8. The van der Waals surface area contributed by atoms with E-state index in [4.69, 9.17) is 9.47 Å². The third-order valence-electron chi connectivity index (χ3n) is 3.67. The molecule has 0 N–H and O–H groups in total. The van der Waals surface area contributed by atoms with Crippen LogP contribution in [0.25, 0.3) is 11.1 Å². The van der Waals surface area contributed by atoms with Gasteiger partial charge in [0.2, 0.25) is 0 Å². The Morgan fingerprint density at radius 2 is 1.35 bits per heavy atom. The van der Waals surface area contributed by atoms with Gasteiger partial charge in [0.1, 0.15) is 0 Å². The van der Waals surface area contributed by atoms with Crippen molar-refractivity contribution in [1.82, 2.24) is 0 Å². The van der Waals surface area contributed by atoms with Crippen molar-refractivity contribution in [2.45, 2.75) is 27.7 Å². The molecule has 0 aromatic heterocycles. The Morgan fingerprint density at radius 3 is 1.92 bits per heavy atom. The van der Waals surface area contributed by atoms with E-state index in [1.807, 2.05) is 64.1 Å². The van der Waals surface area contributed by atoms with Crippen LogP contribution >= 0.6 is 0 Å². The molecule has 0 saturated carbocycles. The van der Waals surface area contributed by atoms with Crippen molar-refractivity contribution in [3.05, 3.63) is 59.7 Å². The summed E-state index contributed by atoms with van der Waals surface area (Å²) >= 11 is 0. The third kappa shape index (κ3) is 5.19. The quantitative estimate of drug-likeness (QED) is 0.658. The molecular weight excluding hydrogens is 328 g/mol. The number of benzene rings is 2. The van der Waals surface area contributed by atoms with Crippen LogP contribution in [0, 0.1) is 11.8 Å². The number of rotatable bonds is 7. The molecule has 0 aliphatic heterocycles. The molecular formula is C22H26O4. The lowest BCUT2D eigenvalue weighted by Crippen LogP contribution is -2.18. The molecule has 138 valence electrons. The van der Waals surface area contributed by atoms with Crippen molar-refractivity contribution in [3.8, 4) is 11.1 Å². The van der Waals surface area contributed by atoms with E-state index in [2.05, 4.69) is 0 Å². The second-order valence-corrected chi connectivity index (χ2v) is 7.08. The number of esters is 2. The van der Waals surface area contributed by atoms with Gasteiger partial charge in [-0.05, 0) is 29.0 Å². The first kappa shape index (κ1) is 19.7. The molecule has 4 heteroatoms. The Labute approximate surface area is 155 Å². The predicted octanol–water partition coefficient (Wildman–Crippen LogP) is 4.98. The second-order valence-electron chi connectivity index (χ2n) is 7.08. The maximum atomic E-state index is 12.8. The van der Waals surface area contributed by atoms with Crippen LogP contribution in [0.5, 0.6) is 0 Å². The average Bonchev–Trinajstić information content (AvgIpc) is 2.64. The van der Waals surface area contributed by atoms with Gasteiger partial charge in [-0.2, -0.15) is 0 Å². The van der Waals surface area contributed by atoms with Crippen molar-refractivity contribution in [2.24, 2.45) is 11.8 Å². The first-order chi connectivity index (χ1) is 12.4. The number of hydrogen-bond donors (Lipinski definition) is 0. The van der Waals surface area contributed by atoms with Gasteiger partial charge in [0.05, 0.1) is 24.3 Å². The summed E-state index contributed by atoms with van der Waals surface area (Å²) in [7, 11) is 0. The number of hydrogen-bond acceptors (Lipinski definition) is 4. The highest BCUT2D eigenvalue weighted by Gasteiger charge is 2.24. The standard InChI is InChI=1S/C22H26O4/c1-15(2)13-25-21(23)19-12-8-11-18(17-9-6-5-7-10-17)20(19)22(24)26-14-16(3)4/h5-12,15-16H,13-14H2,1-4H3. The van der Waals surface area contributed by atoms with Gasteiger partial charge in [-0.15, -0.1) is 0 Å². The van der Waals surface area contributed by atoms with Crippen molar-refractivity contribution >= 4 is 11.9 Å². The van der Waals surface area contributed by atoms with Gasteiger partial charge in [0.15, 0.2) is 0 Å². The molecule has 2 rings (SSSR count). The first-order valence-electron chi connectivity index (χ1n) is 8.92. The summed E-state index contributed by atoms with van der Waals surface area (Å²) in [6.07, 6.45) is 0. The zero-order valence-corrected chi connectivity index (χ0v) is 15.8. The molecule has 0 unspecified atom stereocenters. The van der Waals surface area contributed by atoms with E-state index in [0.717, 1.165) is 5.56 Å². The summed E-state index contributed by atoms with van der Waals surface area (Å²) in [6, 6.07) is 14.7. The highest BCUT2D eigenvalue weighted by Crippen LogP contribution is 2.28. The van der Waals surface area contributed by atoms with Crippen LogP contribution in [0.1, 0.15) is 48.4 Å². The van der Waals surface area contributed by atoms with Crippen LogP contribution in [0.2, 0.25) is 0 Å². The van der Waals surface area contributed by atoms with Gasteiger partial charge in [-0.1, -0.05) is 70.2 Å². The van der Waals surface area contributed by atoms with Crippen LogP contribution in [0.3, 0.4) is 0 Å². The van der Waals surface area contributed by atoms with E-state index in [9.17, 15) is 9.59 Å². The Kier molecular flexibility index (Phi) is 6.96. The van der Waals surface area contributed by atoms with Crippen molar-refractivity contribution in [2.75, 3.05) is 13.2 Å². The average molecular weight is 354 g/mol. The summed E-state index contributed by atoms with van der Waals surface area (Å²) in [5, 5.41) is 0. The molecule has 0 spiro atoms. The summed E-state index contributed by atoms with van der Waals surface area (Å²) in [5.74, 6) is -0.589. The molecule has 0 radical (unpaired) electrons. The van der Waals surface area contributed by atoms with Gasteiger partial charge in [0.25, 0.3) is 0 Å². The topological polar surface area (TPSA) is 52.6 Å². The molecule has 2 aromatic carbocycles. The van der Waals surface area contributed by atoms with E-state index < -0.39 is 11.9 Å². The lowest BCUT2D eigenvalue weighted by Gasteiger charge is -2.15. The summed E-state index contributed by atoms with van der Waals surface area (Å²) in [6.45, 7) is 8.46. The Hall–Kier alpha value is -2.62. The van der Waals surface area contributed by atoms with Crippen molar-refractivity contribution in [1.29, 1.82) is 0 Å². The fraction of sp³-hybridized carbons (Fsp3) is 0.364. The minimum Gasteiger partial charge on any atom is -0.462 e. The van der Waals surface area contributed by atoms with Gasteiger partial charge in [-0.25, -0.2) is 9.59 Å². The highest BCUT2D eigenvalue weighted by atomic mass is 16.5. The molecule has 2 aromatic rings. The zero-order chi connectivity index (χ0) is 19.1. The third-order valence-corrected chi connectivity index (χ3v) is 3.67. The normalized spacial score (nSPS) is 10.8. The minimum atomic E-state index is -0.507. The van der Waals surface area contributed by atoms with Crippen LogP contribution in [-0.2, 0) is 9.47 Å². The molecule has 0 aliphatic carbocycles. The molecule has 4 nitrogen and oxygen atoms in total. The first-order valence-corrected chi connectivity index (χ1v) is 8.92. The van der Waals surface area contributed by atoms with Gasteiger partial charge >= 0.3 is 11.9 Å². The van der Waals surface area contributed by atoms with Crippen molar-refractivity contribution in [3.63, 3.8) is 0 Å². The fourth-order valence-corrected chi connectivity index (χ4v) is 2.44. The maximum Gasteiger partial charge on any atom is 0.339 e. The van der Waals surface area contributed by atoms with E-state index in [-0.39, 0.29) is 23.0 Å². The Balaban J connectivity index is 2.46. The van der Waals surface area contributed by atoms with Crippen LogP contribution in [0.4, 0.5) is 0 Å². The van der Waals surface area contributed by atoms with Gasteiger partial charge < -0.3 is 9.47 Å². The number of carbonyl (C=O) groups excluding carboxylic acids is 2. The monoisotopic (exact) mass is 354 g/mol.